The van der Waals surface area contributed by atoms with Crippen LogP contribution in [0.3, 0.4) is 0 Å². The van der Waals surface area contributed by atoms with Gasteiger partial charge < -0.3 is 10.2 Å². The molecule has 1 aliphatic rings. The highest BCUT2D eigenvalue weighted by molar-refractivity contribution is 7.11. The summed E-state index contributed by atoms with van der Waals surface area (Å²) in [7, 11) is 2.16. The van der Waals surface area contributed by atoms with Crippen LogP contribution in [-0.2, 0) is 11.2 Å². The van der Waals surface area contributed by atoms with Gasteiger partial charge in [-0.15, -0.1) is 21.5 Å². The van der Waals surface area contributed by atoms with Crippen molar-refractivity contribution in [2.24, 2.45) is 5.92 Å². The van der Waals surface area contributed by atoms with Gasteiger partial charge in [0.05, 0.1) is 0 Å². The number of nitrogens with one attached hydrogen (secondary N) is 1. The van der Waals surface area contributed by atoms with E-state index in [0.717, 1.165) is 29.4 Å². The van der Waals surface area contributed by atoms with Crippen molar-refractivity contribution in [1.29, 1.82) is 0 Å². The summed E-state index contributed by atoms with van der Waals surface area (Å²) in [5, 5.41) is 13.0. The number of rotatable bonds is 6. The Labute approximate surface area is 124 Å². The number of carbonyl (C=O) groups excluding carboxylic acids is 1. The molecule has 1 N–H and O–H groups in total. The molecule has 2 heterocycles. The molecular weight excluding hydrogens is 272 g/mol. The maximum absolute atomic E-state index is 11.8. The first-order valence-corrected chi connectivity index (χ1v) is 8.19. The zero-order chi connectivity index (χ0) is 14.4. The minimum atomic E-state index is 0.166. The van der Waals surface area contributed by atoms with E-state index in [1.807, 2.05) is 6.92 Å². The fourth-order valence-corrected chi connectivity index (χ4v) is 3.39. The lowest BCUT2D eigenvalue weighted by molar-refractivity contribution is -0.121. The smallest absolute Gasteiger partial charge is 0.220 e. The van der Waals surface area contributed by atoms with Crippen molar-refractivity contribution in [2.45, 2.75) is 39.0 Å². The van der Waals surface area contributed by atoms with Gasteiger partial charge in [-0.3, -0.25) is 4.79 Å². The fourth-order valence-electron chi connectivity index (χ4n) is 2.68. The van der Waals surface area contributed by atoms with Crippen molar-refractivity contribution in [3.63, 3.8) is 0 Å². The van der Waals surface area contributed by atoms with Crippen LogP contribution in [0.25, 0.3) is 0 Å². The molecule has 1 saturated heterocycles. The van der Waals surface area contributed by atoms with Crippen molar-refractivity contribution >= 4 is 17.2 Å². The highest BCUT2D eigenvalue weighted by Gasteiger charge is 2.17. The van der Waals surface area contributed by atoms with Crippen LogP contribution in [0.15, 0.2) is 0 Å². The number of carbonyl (C=O) groups is 1. The first-order valence-electron chi connectivity index (χ1n) is 7.37. The predicted molar refractivity (Wildman–Crippen MR) is 80.8 cm³/mol. The van der Waals surface area contributed by atoms with Gasteiger partial charge in [0.1, 0.15) is 10.0 Å². The summed E-state index contributed by atoms with van der Waals surface area (Å²) >= 11 is 1.60. The van der Waals surface area contributed by atoms with Crippen molar-refractivity contribution in [1.82, 2.24) is 20.4 Å². The lowest BCUT2D eigenvalue weighted by Crippen LogP contribution is -2.33. The van der Waals surface area contributed by atoms with E-state index in [4.69, 9.17) is 0 Å². The quantitative estimate of drug-likeness (QED) is 0.867. The molecule has 0 radical (unpaired) electrons. The lowest BCUT2D eigenvalue weighted by Gasteiger charge is -2.29. The number of amides is 1. The summed E-state index contributed by atoms with van der Waals surface area (Å²) in [5.74, 6) is 0.852. The Bertz CT molecular complexity index is 435. The molecule has 1 aliphatic heterocycles. The molecule has 0 saturated carbocycles. The Morgan fingerprint density at radius 1 is 1.50 bits per heavy atom. The minimum Gasteiger partial charge on any atom is -0.356 e. The second-order valence-corrected chi connectivity index (χ2v) is 6.89. The van der Waals surface area contributed by atoms with E-state index in [1.54, 1.807) is 11.3 Å². The molecule has 0 bridgehead atoms. The molecule has 0 aromatic carbocycles. The Morgan fingerprint density at radius 3 is 3.05 bits per heavy atom. The molecule has 1 aromatic rings. The number of piperidine rings is 1. The van der Waals surface area contributed by atoms with Crippen LogP contribution in [0.2, 0.25) is 0 Å². The van der Waals surface area contributed by atoms with Crippen LogP contribution in [0.5, 0.6) is 0 Å². The monoisotopic (exact) mass is 296 g/mol. The van der Waals surface area contributed by atoms with Crippen LogP contribution in [0.4, 0.5) is 0 Å². The topological polar surface area (TPSA) is 58.1 Å². The highest BCUT2D eigenvalue weighted by Crippen LogP contribution is 2.19. The summed E-state index contributed by atoms with van der Waals surface area (Å²) in [4.78, 5) is 14.2. The Balaban J connectivity index is 1.58. The zero-order valence-electron chi connectivity index (χ0n) is 12.4. The molecular formula is C14H24N4OS. The van der Waals surface area contributed by atoms with E-state index in [-0.39, 0.29) is 5.91 Å². The third-order valence-corrected chi connectivity index (χ3v) is 4.63. The van der Waals surface area contributed by atoms with Gasteiger partial charge in [0, 0.05) is 25.9 Å². The summed E-state index contributed by atoms with van der Waals surface area (Å²) in [6.07, 6.45) is 4.96. The Hall–Kier alpha value is -1.01. The third kappa shape index (κ3) is 5.17. The number of hydrogen-bond acceptors (Lipinski definition) is 5. The van der Waals surface area contributed by atoms with Crippen LogP contribution >= 0.6 is 11.3 Å². The Morgan fingerprint density at radius 2 is 2.35 bits per heavy atom. The molecule has 0 aliphatic carbocycles. The number of likely N-dealkylation sites (tertiary alicyclic amines) is 1. The van der Waals surface area contributed by atoms with Gasteiger partial charge in [0.2, 0.25) is 5.91 Å². The first-order chi connectivity index (χ1) is 9.63. The predicted octanol–water partition coefficient (Wildman–Crippen LogP) is 1.63. The van der Waals surface area contributed by atoms with Gasteiger partial charge in [0.25, 0.3) is 0 Å². The molecule has 1 fully saturated rings. The standard InChI is InChI=1S/C14H24N4OS/c1-11-16-17-14(20-11)7-8-15-13(19)6-5-12-4-3-9-18(2)10-12/h12H,3-10H2,1-2H3,(H,15,19)/t12-/m0/s1. The maximum atomic E-state index is 11.8. The van der Waals surface area contributed by atoms with Crippen molar-refractivity contribution in [2.75, 3.05) is 26.7 Å². The first kappa shape index (κ1) is 15.4. The van der Waals surface area contributed by atoms with Crippen molar-refractivity contribution in [3.05, 3.63) is 10.0 Å². The molecule has 20 heavy (non-hydrogen) atoms. The van der Waals surface area contributed by atoms with Crippen molar-refractivity contribution < 1.29 is 4.79 Å². The summed E-state index contributed by atoms with van der Waals surface area (Å²) in [6, 6.07) is 0. The molecule has 0 spiro atoms. The third-order valence-electron chi connectivity index (χ3n) is 3.73. The molecule has 5 nitrogen and oxygen atoms in total. The zero-order valence-corrected chi connectivity index (χ0v) is 13.2. The van der Waals surface area contributed by atoms with Gasteiger partial charge in [-0.05, 0) is 45.7 Å². The molecule has 6 heteroatoms. The minimum absolute atomic E-state index is 0.166. The van der Waals surface area contributed by atoms with E-state index in [9.17, 15) is 4.79 Å². The van der Waals surface area contributed by atoms with Crippen LogP contribution < -0.4 is 5.32 Å². The maximum Gasteiger partial charge on any atom is 0.220 e. The van der Waals surface area contributed by atoms with E-state index in [2.05, 4.69) is 27.5 Å². The SMILES string of the molecule is Cc1nnc(CCNC(=O)CC[C@@H]2CCCN(C)C2)s1. The van der Waals surface area contributed by atoms with Gasteiger partial charge in [-0.1, -0.05) is 0 Å². The Kier molecular flexibility index (Phi) is 5.91. The largest absolute Gasteiger partial charge is 0.356 e. The normalized spacial score (nSPS) is 20.0. The molecule has 1 atom stereocenters. The van der Waals surface area contributed by atoms with Crippen LogP contribution in [-0.4, -0.2) is 47.7 Å². The summed E-state index contributed by atoms with van der Waals surface area (Å²) in [5.41, 5.74) is 0. The molecule has 0 unspecified atom stereocenters. The lowest BCUT2D eigenvalue weighted by atomic mass is 9.93. The second-order valence-electron chi connectivity index (χ2n) is 5.62. The van der Waals surface area contributed by atoms with E-state index in [1.165, 1.54) is 19.4 Å². The number of aromatic nitrogens is 2. The van der Waals surface area contributed by atoms with Crippen LogP contribution in [0, 0.1) is 12.8 Å². The van der Waals surface area contributed by atoms with E-state index < -0.39 is 0 Å². The highest BCUT2D eigenvalue weighted by atomic mass is 32.1. The molecule has 1 aromatic heterocycles. The van der Waals surface area contributed by atoms with Gasteiger partial charge in [-0.25, -0.2) is 0 Å². The van der Waals surface area contributed by atoms with E-state index >= 15 is 0 Å². The summed E-state index contributed by atoms with van der Waals surface area (Å²) in [6.45, 7) is 4.94. The number of nitrogens with zero attached hydrogens (tertiary/aromatic N) is 3. The number of hydrogen-bond donors (Lipinski definition) is 1. The average molecular weight is 296 g/mol. The summed E-state index contributed by atoms with van der Waals surface area (Å²) < 4.78 is 0. The van der Waals surface area contributed by atoms with Gasteiger partial charge in [0.15, 0.2) is 0 Å². The molecule has 112 valence electrons. The molecule has 1 amide bonds. The van der Waals surface area contributed by atoms with Gasteiger partial charge in [-0.2, -0.15) is 0 Å². The van der Waals surface area contributed by atoms with E-state index in [0.29, 0.717) is 18.9 Å². The number of aryl methyl sites for hydroxylation is 1. The average Bonchev–Trinajstić information content (AvgIpc) is 2.82. The van der Waals surface area contributed by atoms with Crippen molar-refractivity contribution in [3.8, 4) is 0 Å². The fraction of sp³-hybridized carbons (Fsp3) is 0.786. The van der Waals surface area contributed by atoms with Crippen LogP contribution in [0.1, 0.15) is 35.7 Å². The second kappa shape index (κ2) is 7.69. The van der Waals surface area contributed by atoms with Gasteiger partial charge >= 0.3 is 0 Å². The molecule has 2 rings (SSSR count).